The van der Waals surface area contributed by atoms with Crippen LogP contribution in [-0.4, -0.2) is 0 Å². The molecule has 0 saturated heterocycles. The van der Waals surface area contributed by atoms with E-state index >= 15 is 0 Å². The maximum atomic E-state index is 9.94. The Kier molecular flexibility index (Phi) is 2.18. The quantitative estimate of drug-likeness (QED) is 0.394. The average Bonchev–Trinajstić information content (AvgIpc) is 2.05. The molecule has 4 nitrogen and oxygen atoms in total. The molecule has 0 fully saturated rings. The SMILES string of the molecule is Cc1ccc(N(N)N=O)cc1. The number of nitrogens with zero attached hydrogens (tertiary/aromatic N) is 2. The molecule has 11 heavy (non-hydrogen) atoms. The number of aryl methyl sites for hydroxylation is 1. The second-order valence-corrected chi connectivity index (χ2v) is 2.26. The Morgan fingerprint density at radius 2 is 1.91 bits per heavy atom. The van der Waals surface area contributed by atoms with Gasteiger partial charge in [0.15, 0.2) is 0 Å². The molecule has 0 radical (unpaired) electrons. The number of hydrogen-bond acceptors (Lipinski definition) is 3. The van der Waals surface area contributed by atoms with E-state index in [4.69, 9.17) is 5.84 Å². The normalized spacial score (nSPS) is 9.27. The number of hydrogen-bond donors (Lipinski definition) is 1. The van der Waals surface area contributed by atoms with Gasteiger partial charge in [-0.25, -0.2) is 5.84 Å². The fourth-order valence-electron chi connectivity index (χ4n) is 0.745. The lowest BCUT2D eigenvalue weighted by atomic mass is 10.2. The molecule has 1 aromatic rings. The van der Waals surface area contributed by atoms with Gasteiger partial charge in [-0.2, -0.15) is 5.12 Å². The molecule has 0 heterocycles. The van der Waals surface area contributed by atoms with E-state index in [9.17, 15) is 4.91 Å². The summed E-state index contributed by atoms with van der Waals surface area (Å²) in [5.41, 5.74) is 1.71. The van der Waals surface area contributed by atoms with E-state index < -0.39 is 0 Å². The minimum Gasteiger partial charge on any atom is -0.224 e. The van der Waals surface area contributed by atoms with Crippen molar-refractivity contribution < 1.29 is 0 Å². The maximum absolute atomic E-state index is 9.94. The molecule has 0 aliphatic heterocycles. The summed E-state index contributed by atoms with van der Waals surface area (Å²) in [5, 5.41) is 3.34. The highest BCUT2D eigenvalue weighted by atomic mass is 16.3. The molecule has 0 amide bonds. The van der Waals surface area contributed by atoms with Gasteiger partial charge in [0.25, 0.3) is 0 Å². The van der Waals surface area contributed by atoms with Gasteiger partial charge in [0.1, 0.15) is 0 Å². The van der Waals surface area contributed by atoms with E-state index in [1.165, 1.54) is 0 Å². The molecular weight excluding hydrogens is 142 g/mol. The fourth-order valence-corrected chi connectivity index (χ4v) is 0.745. The predicted octanol–water partition coefficient (Wildman–Crippen LogP) is 1.36. The van der Waals surface area contributed by atoms with Gasteiger partial charge >= 0.3 is 0 Å². The first kappa shape index (κ1) is 7.68. The molecule has 0 bridgehead atoms. The van der Waals surface area contributed by atoms with E-state index in [0.29, 0.717) is 5.69 Å². The second kappa shape index (κ2) is 3.12. The number of hydrazine groups is 1. The monoisotopic (exact) mass is 151 g/mol. The predicted molar refractivity (Wildman–Crippen MR) is 43.6 cm³/mol. The Balaban J connectivity index is 2.89. The zero-order valence-corrected chi connectivity index (χ0v) is 6.19. The van der Waals surface area contributed by atoms with Crippen LogP contribution in [0.3, 0.4) is 0 Å². The highest BCUT2D eigenvalue weighted by Crippen LogP contribution is 2.11. The van der Waals surface area contributed by atoms with Gasteiger partial charge in [-0.1, -0.05) is 17.7 Å². The minimum atomic E-state index is 0.589. The smallest absolute Gasteiger partial charge is 0.0809 e. The molecule has 1 aromatic carbocycles. The van der Waals surface area contributed by atoms with Crippen molar-refractivity contribution in [2.45, 2.75) is 6.92 Å². The zero-order chi connectivity index (χ0) is 8.27. The molecule has 0 aromatic heterocycles. The molecule has 0 aliphatic carbocycles. The van der Waals surface area contributed by atoms with Crippen molar-refractivity contribution in [2.75, 3.05) is 5.12 Å². The van der Waals surface area contributed by atoms with Crippen LogP contribution in [0.1, 0.15) is 5.56 Å². The molecule has 0 spiro atoms. The average molecular weight is 151 g/mol. The highest BCUT2D eigenvalue weighted by Gasteiger charge is 1.97. The van der Waals surface area contributed by atoms with Crippen molar-refractivity contribution in [3.8, 4) is 0 Å². The van der Waals surface area contributed by atoms with Gasteiger partial charge < -0.3 is 0 Å². The summed E-state index contributed by atoms with van der Waals surface area (Å²) in [6, 6.07) is 7.19. The molecule has 2 N–H and O–H groups in total. The lowest BCUT2D eigenvalue weighted by molar-refractivity contribution is 0.915. The summed E-state index contributed by atoms with van der Waals surface area (Å²) < 4.78 is 0. The van der Waals surface area contributed by atoms with Gasteiger partial charge in [0.05, 0.1) is 11.0 Å². The first-order chi connectivity index (χ1) is 5.24. The van der Waals surface area contributed by atoms with Crippen LogP contribution in [0.5, 0.6) is 0 Å². The van der Waals surface area contributed by atoms with Crippen LogP contribution in [0.15, 0.2) is 29.6 Å². The number of rotatable bonds is 2. The molecule has 58 valence electrons. The van der Waals surface area contributed by atoms with Crippen LogP contribution in [-0.2, 0) is 0 Å². The number of nitroso groups, excluding NO2 is 1. The van der Waals surface area contributed by atoms with E-state index in [2.05, 4.69) is 5.29 Å². The number of anilines is 1. The molecular formula is C7H9N3O. The van der Waals surface area contributed by atoms with Crippen molar-refractivity contribution in [1.29, 1.82) is 0 Å². The Bertz CT molecular complexity index is 244. The van der Waals surface area contributed by atoms with Crippen molar-refractivity contribution >= 4 is 5.69 Å². The summed E-state index contributed by atoms with van der Waals surface area (Å²) in [6.07, 6.45) is 0. The Labute approximate surface area is 64.5 Å². The molecule has 0 atom stereocenters. The summed E-state index contributed by atoms with van der Waals surface area (Å²) >= 11 is 0. The summed E-state index contributed by atoms with van der Waals surface area (Å²) in [4.78, 5) is 9.94. The van der Waals surface area contributed by atoms with Gasteiger partial charge in [-0.05, 0) is 19.1 Å². The standard InChI is InChI=1S/C7H9N3O/c1-6-2-4-7(5-3-6)10(8)9-11/h2-5H,8H2,1H3. The van der Waals surface area contributed by atoms with Crippen molar-refractivity contribution in [3.63, 3.8) is 0 Å². The Morgan fingerprint density at radius 3 is 2.36 bits per heavy atom. The van der Waals surface area contributed by atoms with Crippen molar-refractivity contribution in [3.05, 3.63) is 34.7 Å². The van der Waals surface area contributed by atoms with E-state index in [-0.39, 0.29) is 0 Å². The van der Waals surface area contributed by atoms with Gasteiger partial charge in [0, 0.05) is 0 Å². The molecule has 0 aliphatic rings. The number of benzene rings is 1. The first-order valence-corrected chi connectivity index (χ1v) is 3.19. The fraction of sp³-hybridized carbons (Fsp3) is 0.143. The molecule has 0 unspecified atom stereocenters. The first-order valence-electron chi connectivity index (χ1n) is 3.19. The summed E-state index contributed by atoms with van der Waals surface area (Å²) in [7, 11) is 0. The lowest BCUT2D eigenvalue weighted by Crippen LogP contribution is -2.23. The Hall–Kier alpha value is -1.42. The van der Waals surface area contributed by atoms with Crippen molar-refractivity contribution in [2.24, 2.45) is 11.1 Å². The van der Waals surface area contributed by atoms with Crippen LogP contribution in [0.25, 0.3) is 0 Å². The number of nitrogens with two attached hydrogens (primary N) is 1. The topological polar surface area (TPSA) is 58.7 Å². The highest BCUT2D eigenvalue weighted by molar-refractivity contribution is 5.44. The van der Waals surface area contributed by atoms with E-state index in [1.807, 2.05) is 19.1 Å². The minimum absolute atomic E-state index is 0.589. The maximum Gasteiger partial charge on any atom is 0.0809 e. The second-order valence-electron chi connectivity index (χ2n) is 2.26. The summed E-state index contributed by atoms with van der Waals surface area (Å²) in [5.74, 6) is 5.20. The van der Waals surface area contributed by atoms with E-state index in [1.54, 1.807) is 12.1 Å². The van der Waals surface area contributed by atoms with Crippen LogP contribution < -0.4 is 11.0 Å². The summed E-state index contributed by atoms with van der Waals surface area (Å²) in [6.45, 7) is 1.96. The zero-order valence-electron chi connectivity index (χ0n) is 6.19. The third-order valence-corrected chi connectivity index (χ3v) is 1.39. The molecule has 0 saturated carbocycles. The third kappa shape index (κ3) is 1.75. The van der Waals surface area contributed by atoms with Crippen molar-refractivity contribution in [1.82, 2.24) is 0 Å². The molecule has 1 rings (SSSR count). The van der Waals surface area contributed by atoms with Crippen LogP contribution in [0.2, 0.25) is 0 Å². The third-order valence-electron chi connectivity index (χ3n) is 1.39. The molecule has 4 heteroatoms. The Morgan fingerprint density at radius 1 is 1.36 bits per heavy atom. The van der Waals surface area contributed by atoms with Crippen LogP contribution in [0, 0.1) is 11.8 Å². The van der Waals surface area contributed by atoms with Crippen LogP contribution in [0.4, 0.5) is 5.69 Å². The van der Waals surface area contributed by atoms with Gasteiger partial charge in [-0.3, -0.25) is 0 Å². The van der Waals surface area contributed by atoms with Gasteiger partial charge in [0.2, 0.25) is 0 Å². The van der Waals surface area contributed by atoms with Crippen LogP contribution >= 0.6 is 0 Å². The lowest BCUT2D eigenvalue weighted by Gasteiger charge is -2.06. The van der Waals surface area contributed by atoms with E-state index in [0.717, 1.165) is 10.7 Å². The van der Waals surface area contributed by atoms with Gasteiger partial charge in [-0.15, -0.1) is 4.91 Å². The largest absolute Gasteiger partial charge is 0.224 e.